The molecule has 0 fully saturated rings. The van der Waals surface area contributed by atoms with Gasteiger partial charge in [0.25, 0.3) is 5.91 Å². The summed E-state index contributed by atoms with van der Waals surface area (Å²) in [5.74, 6) is -0.951. The summed E-state index contributed by atoms with van der Waals surface area (Å²) in [5, 5.41) is 3.61. The van der Waals surface area contributed by atoms with Gasteiger partial charge < -0.3 is 10.1 Å². The van der Waals surface area contributed by atoms with E-state index in [-0.39, 0.29) is 18.6 Å². The van der Waals surface area contributed by atoms with Gasteiger partial charge in [0.2, 0.25) is 0 Å². The van der Waals surface area contributed by atoms with Crippen molar-refractivity contribution in [2.45, 2.75) is 32.7 Å². The zero-order valence-electron chi connectivity index (χ0n) is 12.6. The molecule has 1 rings (SSSR count). The van der Waals surface area contributed by atoms with E-state index in [0.29, 0.717) is 15.6 Å². The van der Waals surface area contributed by atoms with E-state index in [2.05, 4.69) is 5.32 Å². The number of ether oxygens (including phenoxy) is 1. The van der Waals surface area contributed by atoms with Crippen molar-refractivity contribution in [1.82, 2.24) is 5.32 Å². The lowest BCUT2D eigenvalue weighted by Crippen LogP contribution is -2.35. The van der Waals surface area contributed by atoms with Gasteiger partial charge in [-0.2, -0.15) is 0 Å². The highest BCUT2D eigenvalue weighted by Crippen LogP contribution is 2.25. The lowest BCUT2D eigenvalue weighted by atomic mass is 10.2. The van der Waals surface area contributed by atoms with E-state index >= 15 is 0 Å². The van der Waals surface area contributed by atoms with Gasteiger partial charge in [0, 0.05) is 27.7 Å². The Labute approximate surface area is 140 Å². The molecule has 4 nitrogen and oxygen atoms in total. The Bertz CT molecular complexity index is 538. The molecule has 0 spiro atoms. The standard InChI is InChI=1S/C16H19Cl2NO3/c1-3-5-11(2)19-15(20)10-22-16(21)9-8-12-13(17)6-4-7-14(12)18/h4,6-9,11H,3,5,10H2,1-2H3,(H,19,20)/b9-8+/t11-/m0/s1. The number of halogens is 2. The molecule has 6 heteroatoms. The van der Waals surface area contributed by atoms with Gasteiger partial charge in [0.1, 0.15) is 0 Å². The van der Waals surface area contributed by atoms with Crippen LogP contribution in [-0.4, -0.2) is 24.5 Å². The number of nitrogens with one attached hydrogen (secondary N) is 1. The lowest BCUT2D eigenvalue weighted by molar-refractivity contribution is -0.144. The number of amides is 1. The molecule has 1 atom stereocenters. The molecular formula is C16H19Cl2NO3. The number of rotatable bonds is 7. The van der Waals surface area contributed by atoms with E-state index < -0.39 is 5.97 Å². The van der Waals surface area contributed by atoms with Gasteiger partial charge in [0.15, 0.2) is 6.61 Å². The average Bonchev–Trinajstić information content (AvgIpc) is 2.44. The second-order valence-electron chi connectivity index (χ2n) is 4.83. The van der Waals surface area contributed by atoms with E-state index in [9.17, 15) is 9.59 Å². The van der Waals surface area contributed by atoms with Crippen molar-refractivity contribution >= 4 is 41.2 Å². The summed E-state index contributed by atoms with van der Waals surface area (Å²) in [4.78, 5) is 23.1. The Morgan fingerprint density at radius 3 is 2.55 bits per heavy atom. The molecule has 1 aromatic carbocycles. The Kier molecular flexibility index (Phi) is 7.99. The van der Waals surface area contributed by atoms with Crippen LogP contribution >= 0.6 is 23.2 Å². The average molecular weight is 344 g/mol. The Morgan fingerprint density at radius 1 is 1.32 bits per heavy atom. The maximum absolute atomic E-state index is 11.6. The topological polar surface area (TPSA) is 55.4 Å². The first-order chi connectivity index (χ1) is 10.4. The molecule has 0 aliphatic heterocycles. The van der Waals surface area contributed by atoms with Crippen molar-refractivity contribution in [3.63, 3.8) is 0 Å². The maximum Gasteiger partial charge on any atom is 0.331 e. The maximum atomic E-state index is 11.6. The molecular weight excluding hydrogens is 325 g/mol. The van der Waals surface area contributed by atoms with Crippen LogP contribution in [0.4, 0.5) is 0 Å². The van der Waals surface area contributed by atoms with E-state index in [1.54, 1.807) is 18.2 Å². The fourth-order valence-corrected chi connectivity index (χ4v) is 2.35. The Balaban J connectivity index is 2.46. The Morgan fingerprint density at radius 2 is 1.95 bits per heavy atom. The minimum absolute atomic E-state index is 0.0636. The zero-order chi connectivity index (χ0) is 16.5. The summed E-state index contributed by atoms with van der Waals surface area (Å²) in [6.45, 7) is 3.63. The summed E-state index contributed by atoms with van der Waals surface area (Å²) in [6, 6.07) is 5.11. The smallest absolute Gasteiger partial charge is 0.331 e. The molecule has 0 saturated carbocycles. The number of carbonyl (C=O) groups excluding carboxylic acids is 2. The summed E-state index contributed by atoms with van der Waals surface area (Å²) in [6.07, 6.45) is 4.51. The van der Waals surface area contributed by atoms with Gasteiger partial charge in [-0.25, -0.2) is 4.79 Å². The van der Waals surface area contributed by atoms with Crippen molar-refractivity contribution in [3.05, 3.63) is 39.9 Å². The van der Waals surface area contributed by atoms with E-state index in [0.717, 1.165) is 12.8 Å². The molecule has 0 aliphatic carbocycles. The van der Waals surface area contributed by atoms with Crippen LogP contribution in [0.15, 0.2) is 24.3 Å². The zero-order valence-corrected chi connectivity index (χ0v) is 14.1. The van der Waals surface area contributed by atoms with Crippen LogP contribution in [0.25, 0.3) is 6.08 Å². The number of carbonyl (C=O) groups is 2. The molecule has 0 radical (unpaired) electrons. The third kappa shape index (κ3) is 6.50. The molecule has 1 aromatic rings. The van der Waals surface area contributed by atoms with Gasteiger partial charge in [-0.3, -0.25) is 4.79 Å². The largest absolute Gasteiger partial charge is 0.452 e. The van der Waals surface area contributed by atoms with E-state index in [1.165, 1.54) is 12.2 Å². The second kappa shape index (κ2) is 9.49. The van der Waals surface area contributed by atoms with Crippen molar-refractivity contribution in [1.29, 1.82) is 0 Å². The third-order valence-corrected chi connectivity index (χ3v) is 3.52. The first-order valence-electron chi connectivity index (χ1n) is 7.02. The van der Waals surface area contributed by atoms with Gasteiger partial charge in [0.05, 0.1) is 0 Å². The molecule has 0 unspecified atom stereocenters. The van der Waals surface area contributed by atoms with Crippen LogP contribution in [0.2, 0.25) is 10.0 Å². The first-order valence-corrected chi connectivity index (χ1v) is 7.77. The van der Waals surface area contributed by atoms with Gasteiger partial charge in [-0.15, -0.1) is 0 Å². The summed E-state index contributed by atoms with van der Waals surface area (Å²) >= 11 is 12.0. The van der Waals surface area contributed by atoms with Gasteiger partial charge >= 0.3 is 5.97 Å². The van der Waals surface area contributed by atoms with Crippen LogP contribution in [0.1, 0.15) is 32.3 Å². The highest BCUT2D eigenvalue weighted by molar-refractivity contribution is 6.37. The van der Waals surface area contributed by atoms with Crippen LogP contribution in [0, 0.1) is 0 Å². The van der Waals surface area contributed by atoms with E-state index in [4.69, 9.17) is 27.9 Å². The van der Waals surface area contributed by atoms with Crippen molar-refractivity contribution < 1.29 is 14.3 Å². The van der Waals surface area contributed by atoms with Crippen LogP contribution in [-0.2, 0) is 14.3 Å². The van der Waals surface area contributed by atoms with Crippen molar-refractivity contribution in [2.75, 3.05) is 6.61 Å². The van der Waals surface area contributed by atoms with Crippen molar-refractivity contribution in [2.24, 2.45) is 0 Å². The second-order valence-corrected chi connectivity index (χ2v) is 5.65. The first kappa shape index (κ1) is 18.5. The summed E-state index contributed by atoms with van der Waals surface area (Å²) in [5.41, 5.74) is 0.531. The van der Waals surface area contributed by atoms with E-state index in [1.807, 2.05) is 13.8 Å². The molecule has 0 bridgehead atoms. The predicted molar refractivity (Wildman–Crippen MR) is 89.0 cm³/mol. The number of esters is 1. The minimum Gasteiger partial charge on any atom is -0.452 e. The molecule has 1 N–H and O–H groups in total. The molecule has 1 amide bonds. The normalized spacial score (nSPS) is 12.2. The quantitative estimate of drug-likeness (QED) is 0.604. The molecule has 0 aromatic heterocycles. The van der Waals surface area contributed by atoms with Crippen LogP contribution in [0.5, 0.6) is 0 Å². The number of hydrogen-bond acceptors (Lipinski definition) is 3. The summed E-state index contributed by atoms with van der Waals surface area (Å²) in [7, 11) is 0. The molecule has 0 saturated heterocycles. The minimum atomic E-state index is -0.630. The Hall–Kier alpha value is -1.52. The van der Waals surface area contributed by atoms with Gasteiger partial charge in [-0.05, 0) is 31.6 Å². The summed E-state index contributed by atoms with van der Waals surface area (Å²) < 4.78 is 4.86. The SMILES string of the molecule is CCC[C@H](C)NC(=O)COC(=O)/C=C/c1c(Cl)cccc1Cl. The number of benzene rings is 1. The fraction of sp³-hybridized carbons (Fsp3) is 0.375. The lowest BCUT2D eigenvalue weighted by Gasteiger charge is -2.12. The molecule has 0 heterocycles. The third-order valence-electron chi connectivity index (χ3n) is 2.86. The number of hydrogen-bond donors (Lipinski definition) is 1. The van der Waals surface area contributed by atoms with Crippen LogP contribution in [0.3, 0.4) is 0 Å². The van der Waals surface area contributed by atoms with Crippen molar-refractivity contribution in [3.8, 4) is 0 Å². The highest BCUT2D eigenvalue weighted by Gasteiger charge is 2.09. The highest BCUT2D eigenvalue weighted by atomic mass is 35.5. The van der Waals surface area contributed by atoms with Gasteiger partial charge in [-0.1, -0.05) is 42.6 Å². The molecule has 0 aliphatic rings. The fourth-order valence-electron chi connectivity index (χ4n) is 1.83. The molecule has 120 valence electrons. The predicted octanol–water partition coefficient (Wildman–Crippen LogP) is 3.85. The molecule has 22 heavy (non-hydrogen) atoms. The monoisotopic (exact) mass is 343 g/mol. The van der Waals surface area contributed by atoms with Crippen LogP contribution < -0.4 is 5.32 Å².